The Morgan fingerprint density at radius 3 is 2.07 bits per heavy atom. The highest BCUT2D eigenvalue weighted by atomic mass is 19.4. The molecule has 0 saturated carbocycles. The molecule has 0 saturated heterocycles. The number of alkyl halides is 3. The third-order valence-corrected chi connectivity index (χ3v) is 8.12. The molecule has 6 aromatic rings. The van der Waals surface area contributed by atoms with Gasteiger partial charge < -0.3 is 9.30 Å². The third-order valence-electron chi connectivity index (χ3n) is 8.12. The van der Waals surface area contributed by atoms with Crippen molar-refractivity contribution in [3.63, 3.8) is 0 Å². The summed E-state index contributed by atoms with van der Waals surface area (Å²) in [5.74, 6) is 1.66. The highest BCUT2D eigenvalue weighted by molar-refractivity contribution is 6.11. The fourth-order valence-electron chi connectivity index (χ4n) is 5.99. The molecular weight excluding hydrogens is 521 g/mol. The molecule has 3 nitrogen and oxygen atoms in total. The number of nitrogens with zero attached hydrogens (tertiary/aromatic N) is 2. The minimum absolute atomic E-state index is 0.213. The van der Waals surface area contributed by atoms with Crippen LogP contribution in [-0.2, 0) is 11.6 Å². The first-order valence-electron chi connectivity index (χ1n) is 13.2. The number of hydrogen-bond acceptors (Lipinski definition) is 2. The summed E-state index contributed by atoms with van der Waals surface area (Å²) >= 11 is 0. The van der Waals surface area contributed by atoms with E-state index in [1.54, 1.807) is 6.07 Å². The largest absolute Gasteiger partial charge is 0.457 e. The Hall–Kier alpha value is -5.02. The van der Waals surface area contributed by atoms with E-state index in [-0.39, 0.29) is 5.41 Å². The Bertz CT molecular complexity index is 2040. The molecule has 0 N–H and O–H groups in total. The van der Waals surface area contributed by atoms with Crippen LogP contribution in [0.5, 0.6) is 11.5 Å². The van der Waals surface area contributed by atoms with E-state index in [1.807, 2.05) is 47.0 Å². The summed E-state index contributed by atoms with van der Waals surface area (Å²) in [5.41, 5.74) is 6.06. The van der Waals surface area contributed by atoms with Crippen LogP contribution in [0, 0.1) is 11.3 Å². The van der Waals surface area contributed by atoms with Gasteiger partial charge in [-0.05, 0) is 77.9 Å². The molecule has 1 aliphatic heterocycles. The van der Waals surface area contributed by atoms with Gasteiger partial charge >= 0.3 is 6.18 Å². The van der Waals surface area contributed by atoms with Crippen molar-refractivity contribution in [2.75, 3.05) is 0 Å². The van der Waals surface area contributed by atoms with E-state index < -0.39 is 11.7 Å². The molecule has 0 spiro atoms. The van der Waals surface area contributed by atoms with Gasteiger partial charge in [0.25, 0.3) is 0 Å². The standard InChI is InChI=1S/C35H23F3N2O/c1-34(2)28-5-3-4-6-32(28)41-33-19-23(8-14-29(33)34)22-9-16-31-27(18-22)26-17-21(20-39)7-15-30(26)40(31)25-12-10-24(11-13-25)35(36,37)38/h3-19H,1-2H3. The molecule has 0 radical (unpaired) electrons. The average Bonchev–Trinajstić information content (AvgIpc) is 3.29. The Morgan fingerprint density at radius 1 is 0.707 bits per heavy atom. The van der Waals surface area contributed by atoms with Crippen molar-refractivity contribution < 1.29 is 17.9 Å². The van der Waals surface area contributed by atoms with Gasteiger partial charge in [-0.3, -0.25) is 0 Å². The second-order valence-corrected chi connectivity index (χ2v) is 10.9. The number of fused-ring (bicyclic) bond motifs is 5. The summed E-state index contributed by atoms with van der Waals surface area (Å²) in [5, 5.41) is 11.3. The van der Waals surface area contributed by atoms with Gasteiger partial charge in [0, 0.05) is 33.0 Å². The molecule has 6 heteroatoms. The second-order valence-electron chi connectivity index (χ2n) is 10.9. The molecule has 0 atom stereocenters. The van der Waals surface area contributed by atoms with Crippen molar-refractivity contribution in [2.24, 2.45) is 0 Å². The fourth-order valence-corrected chi connectivity index (χ4v) is 5.99. The minimum atomic E-state index is -4.41. The molecule has 7 rings (SSSR count). The Labute approximate surface area is 234 Å². The van der Waals surface area contributed by atoms with Crippen molar-refractivity contribution in [1.29, 1.82) is 5.26 Å². The van der Waals surface area contributed by atoms with Crippen molar-refractivity contribution in [2.45, 2.75) is 25.4 Å². The van der Waals surface area contributed by atoms with E-state index in [1.165, 1.54) is 12.1 Å². The highest BCUT2D eigenvalue weighted by Crippen LogP contribution is 2.49. The van der Waals surface area contributed by atoms with Gasteiger partial charge in [-0.1, -0.05) is 50.2 Å². The zero-order chi connectivity index (χ0) is 28.5. The van der Waals surface area contributed by atoms with E-state index >= 15 is 0 Å². The van der Waals surface area contributed by atoms with Gasteiger partial charge in [-0.25, -0.2) is 0 Å². The van der Waals surface area contributed by atoms with Crippen LogP contribution >= 0.6 is 0 Å². The number of nitriles is 1. The van der Waals surface area contributed by atoms with Gasteiger partial charge in [0.1, 0.15) is 11.5 Å². The number of rotatable bonds is 2. The molecule has 0 aliphatic carbocycles. The maximum absolute atomic E-state index is 13.2. The molecule has 0 bridgehead atoms. The molecule has 0 fully saturated rings. The zero-order valence-electron chi connectivity index (χ0n) is 22.3. The minimum Gasteiger partial charge on any atom is -0.457 e. The summed E-state index contributed by atoms with van der Waals surface area (Å²) in [4.78, 5) is 0. The molecular formula is C35H23F3N2O. The molecule has 2 heterocycles. The Balaban J connectivity index is 1.39. The Morgan fingerprint density at radius 2 is 1.34 bits per heavy atom. The van der Waals surface area contributed by atoms with Gasteiger partial charge in [-0.2, -0.15) is 18.4 Å². The van der Waals surface area contributed by atoms with Crippen molar-refractivity contribution >= 4 is 21.8 Å². The second kappa shape index (κ2) is 8.74. The van der Waals surface area contributed by atoms with Crippen molar-refractivity contribution in [3.05, 3.63) is 125 Å². The van der Waals surface area contributed by atoms with Crippen LogP contribution in [0.15, 0.2) is 103 Å². The van der Waals surface area contributed by atoms with Crippen LogP contribution in [0.1, 0.15) is 36.1 Å². The summed E-state index contributed by atoms with van der Waals surface area (Å²) in [6, 6.07) is 33.2. The molecule has 200 valence electrons. The number of halogens is 3. The van der Waals surface area contributed by atoms with Crippen LogP contribution in [0.25, 0.3) is 38.6 Å². The van der Waals surface area contributed by atoms with Gasteiger partial charge in [0.05, 0.1) is 28.2 Å². The van der Waals surface area contributed by atoms with Crippen LogP contribution in [0.3, 0.4) is 0 Å². The maximum Gasteiger partial charge on any atom is 0.416 e. The molecule has 41 heavy (non-hydrogen) atoms. The smallest absolute Gasteiger partial charge is 0.416 e. The predicted octanol–water partition coefficient (Wildman–Crippen LogP) is 9.77. The number of ether oxygens (including phenoxy) is 1. The van der Waals surface area contributed by atoms with E-state index in [4.69, 9.17) is 4.74 Å². The molecule has 1 aliphatic rings. The third kappa shape index (κ3) is 3.88. The van der Waals surface area contributed by atoms with Gasteiger partial charge in [0.15, 0.2) is 0 Å². The van der Waals surface area contributed by atoms with Crippen LogP contribution in [-0.4, -0.2) is 4.57 Å². The van der Waals surface area contributed by atoms with Gasteiger partial charge in [-0.15, -0.1) is 0 Å². The lowest BCUT2D eigenvalue weighted by Crippen LogP contribution is -2.24. The van der Waals surface area contributed by atoms with Crippen LogP contribution in [0.2, 0.25) is 0 Å². The van der Waals surface area contributed by atoms with E-state index in [2.05, 4.69) is 50.2 Å². The van der Waals surface area contributed by atoms with Crippen LogP contribution in [0.4, 0.5) is 13.2 Å². The van der Waals surface area contributed by atoms with Crippen molar-refractivity contribution in [3.8, 4) is 34.4 Å². The van der Waals surface area contributed by atoms with Crippen molar-refractivity contribution in [1.82, 2.24) is 4.57 Å². The highest BCUT2D eigenvalue weighted by Gasteiger charge is 2.34. The monoisotopic (exact) mass is 544 g/mol. The number of aromatic nitrogens is 1. The summed E-state index contributed by atoms with van der Waals surface area (Å²) < 4.78 is 48.0. The van der Waals surface area contributed by atoms with E-state index in [0.29, 0.717) is 11.3 Å². The van der Waals surface area contributed by atoms with Gasteiger partial charge in [0.2, 0.25) is 0 Å². The molecule has 5 aromatic carbocycles. The molecule has 0 unspecified atom stereocenters. The summed E-state index contributed by atoms with van der Waals surface area (Å²) in [6.07, 6.45) is -4.41. The summed E-state index contributed by atoms with van der Waals surface area (Å²) in [6.45, 7) is 4.39. The first kappa shape index (κ1) is 25.0. The Kier molecular flexibility index (Phi) is 5.33. The quantitative estimate of drug-likeness (QED) is 0.218. The van der Waals surface area contributed by atoms with E-state index in [9.17, 15) is 18.4 Å². The van der Waals surface area contributed by atoms with Crippen LogP contribution < -0.4 is 4.74 Å². The zero-order valence-corrected chi connectivity index (χ0v) is 22.3. The normalized spacial score (nSPS) is 13.9. The summed E-state index contributed by atoms with van der Waals surface area (Å²) in [7, 11) is 0. The number of hydrogen-bond donors (Lipinski definition) is 0. The lowest BCUT2D eigenvalue weighted by Gasteiger charge is -2.34. The maximum atomic E-state index is 13.2. The first-order chi connectivity index (χ1) is 19.6. The molecule has 0 amide bonds. The van der Waals surface area contributed by atoms with E-state index in [0.717, 1.165) is 67.7 Å². The lowest BCUT2D eigenvalue weighted by atomic mass is 9.75. The topological polar surface area (TPSA) is 37.9 Å². The number of benzene rings is 5. The fraction of sp³-hybridized carbons (Fsp3) is 0.114. The predicted molar refractivity (Wildman–Crippen MR) is 155 cm³/mol. The number of para-hydroxylation sites is 1. The SMILES string of the molecule is CC1(C)c2ccccc2Oc2cc(-c3ccc4c(c3)c3cc(C#N)ccc3n4-c3ccc(C(F)(F)F)cc3)ccc21. The average molecular weight is 545 g/mol. The lowest BCUT2D eigenvalue weighted by molar-refractivity contribution is -0.137. The molecule has 1 aromatic heterocycles. The first-order valence-corrected chi connectivity index (χ1v) is 13.2.